The van der Waals surface area contributed by atoms with Gasteiger partial charge < -0.3 is 15.5 Å². The SMILES string of the molecule is CN=C(N)N1CCC(N2CCCCC2)CC1. The fourth-order valence-electron chi connectivity index (χ4n) is 2.89. The van der Waals surface area contributed by atoms with Gasteiger partial charge in [0, 0.05) is 26.2 Å². The maximum atomic E-state index is 5.83. The molecule has 0 unspecified atom stereocenters. The zero-order valence-corrected chi connectivity index (χ0v) is 10.4. The third kappa shape index (κ3) is 2.67. The summed E-state index contributed by atoms with van der Waals surface area (Å²) in [4.78, 5) is 8.95. The molecule has 2 heterocycles. The first-order valence-corrected chi connectivity index (χ1v) is 6.52. The van der Waals surface area contributed by atoms with E-state index in [2.05, 4.69) is 14.8 Å². The van der Waals surface area contributed by atoms with Gasteiger partial charge in [-0.25, -0.2) is 0 Å². The number of rotatable bonds is 1. The van der Waals surface area contributed by atoms with Crippen LogP contribution in [0.1, 0.15) is 32.1 Å². The zero-order valence-electron chi connectivity index (χ0n) is 10.4. The molecule has 0 spiro atoms. The van der Waals surface area contributed by atoms with E-state index in [1.165, 1.54) is 45.2 Å². The number of likely N-dealkylation sites (tertiary alicyclic amines) is 2. The van der Waals surface area contributed by atoms with Gasteiger partial charge in [0.1, 0.15) is 0 Å². The molecule has 92 valence electrons. The summed E-state index contributed by atoms with van der Waals surface area (Å²) in [5.41, 5.74) is 5.83. The highest BCUT2D eigenvalue weighted by Gasteiger charge is 2.25. The van der Waals surface area contributed by atoms with Crippen LogP contribution in [0.25, 0.3) is 0 Å². The minimum atomic E-state index is 0.706. The number of hydrogen-bond acceptors (Lipinski definition) is 2. The van der Waals surface area contributed by atoms with Crippen molar-refractivity contribution in [2.24, 2.45) is 10.7 Å². The van der Waals surface area contributed by atoms with Crippen molar-refractivity contribution < 1.29 is 0 Å². The summed E-state index contributed by atoms with van der Waals surface area (Å²) in [5.74, 6) is 0.706. The van der Waals surface area contributed by atoms with Gasteiger partial charge in [-0.15, -0.1) is 0 Å². The molecule has 0 amide bonds. The van der Waals surface area contributed by atoms with E-state index in [0.717, 1.165) is 19.1 Å². The first-order chi connectivity index (χ1) is 7.81. The summed E-state index contributed by atoms with van der Waals surface area (Å²) in [6.45, 7) is 4.76. The molecule has 2 aliphatic heterocycles. The van der Waals surface area contributed by atoms with Crippen molar-refractivity contribution in [3.8, 4) is 0 Å². The predicted octanol–water partition coefficient (Wildman–Crippen LogP) is 0.881. The van der Waals surface area contributed by atoms with E-state index < -0.39 is 0 Å². The monoisotopic (exact) mass is 224 g/mol. The Morgan fingerprint density at radius 2 is 1.69 bits per heavy atom. The van der Waals surface area contributed by atoms with Crippen molar-refractivity contribution in [2.45, 2.75) is 38.1 Å². The van der Waals surface area contributed by atoms with Crippen molar-refractivity contribution in [3.05, 3.63) is 0 Å². The highest BCUT2D eigenvalue weighted by Crippen LogP contribution is 2.20. The molecule has 0 saturated carbocycles. The van der Waals surface area contributed by atoms with Crippen molar-refractivity contribution in [2.75, 3.05) is 33.2 Å². The van der Waals surface area contributed by atoms with Gasteiger partial charge in [0.25, 0.3) is 0 Å². The predicted molar refractivity (Wildman–Crippen MR) is 67.6 cm³/mol. The maximum Gasteiger partial charge on any atom is 0.190 e. The minimum absolute atomic E-state index is 0.706. The fourth-order valence-corrected chi connectivity index (χ4v) is 2.89. The van der Waals surface area contributed by atoms with Crippen molar-refractivity contribution in [3.63, 3.8) is 0 Å². The van der Waals surface area contributed by atoms with Gasteiger partial charge in [-0.05, 0) is 38.8 Å². The molecule has 0 aromatic carbocycles. The van der Waals surface area contributed by atoms with E-state index >= 15 is 0 Å². The van der Waals surface area contributed by atoms with Crippen LogP contribution >= 0.6 is 0 Å². The van der Waals surface area contributed by atoms with Gasteiger partial charge in [0.05, 0.1) is 0 Å². The summed E-state index contributed by atoms with van der Waals surface area (Å²) >= 11 is 0. The zero-order chi connectivity index (χ0) is 11.4. The van der Waals surface area contributed by atoms with Gasteiger partial charge in [-0.3, -0.25) is 4.99 Å². The van der Waals surface area contributed by atoms with Crippen LogP contribution in [-0.2, 0) is 0 Å². The first-order valence-electron chi connectivity index (χ1n) is 6.52. The van der Waals surface area contributed by atoms with E-state index in [9.17, 15) is 0 Å². The Morgan fingerprint density at radius 1 is 1.06 bits per heavy atom. The lowest BCUT2D eigenvalue weighted by Crippen LogP contribution is -2.49. The van der Waals surface area contributed by atoms with Crippen molar-refractivity contribution in [1.29, 1.82) is 0 Å². The molecule has 0 bridgehead atoms. The number of piperidine rings is 2. The Kier molecular flexibility index (Phi) is 4.04. The summed E-state index contributed by atoms with van der Waals surface area (Å²) in [6.07, 6.45) is 6.69. The molecule has 0 radical (unpaired) electrons. The quantitative estimate of drug-likeness (QED) is 0.531. The molecule has 4 nitrogen and oxygen atoms in total. The Hall–Kier alpha value is -0.770. The Labute approximate surface area is 98.5 Å². The topological polar surface area (TPSA) is 44.9 Å². The van der Waals surface area contributed by atoms with E-state index in [4.69, 9.17) is 5.73 Å². The molecule has 16 heavy (non-hydrogen) atoms. The lowest BCUT2D eigenvalue weighted by Gasteiger charge is -2.40. The normalized spacial score (nSPS) is 26.1. The maximum absolute atomic E-state index is 5.83. The Balaban J connectivity index is 1.80. The number of aliphatic imine (C=N–C) groups is 1. The van der Waals surface area contributed by atoms with Gasteiger partial charge in [0.15, 0.2) is 5.96 Å². The molecule has 2 N–H and O–H groups in total. The highest BCUT2D eigenvalue weighted by atomic mass is 15.3. The molecule has 0 aromatic heterocycles. The van der Waals surface area contributed by atoms with Crippen molar-refractivity contribution >= 4 is 5.96 Å². The van der Waals surface area contributed by atoms with Crippen LogP contribution in [0.15, 0.2) is 4.99 Å². The molecule has 2 rings (SSSR count). The number of nitrogens with zero attached hydrogens (tertiary/aromatic N) is 3. The minimum Gasteiger partial charge on any atom is -0.370 e. The average molecular weight is 224 g/mol. The van der Waals surface area contributed by atoms with Crippen LogP contribution in [0.2, 0.25) is 0 Å². The molecule has 0 aliphatic carbocycles. The Morgan fingerprint density at radius 3 is 2.25 bits per heavy atom. The van der Waals surface area contributed by atoms with Gasteiger partial charge in [0.2, 0.25) is 0 Å². The lowest BCUT2D eigenvalue weighted by molar-refractivity contribution is 0.114. The largest absolute Gasteiger partial charge is 0.370 e. The molecule has 2 aliphatic rings. The smallest absolute Gasteiger partial charge is 0.190 e. The number of hydrogen-bond donors (Lipinski definition) is 1. The molecular weight excluding hydrogens is 200 g/mol. The third-order valence-corrected chi connectivity index (χ3v) is 3.92. The molecule has 2 fully saturated rings. The van der Waals surface area contributed by atoms with Gasteiger partial charge in [-0.1, -0.05) is 6.42 Å². The van der Waals surface area contributed by atoms with Crippen LogP contribution in [0, 0.1) is 0 Å². The van der Waals surface area contributed by atoms with Crippen LogP contribution in [0.5, 0.6) is 0 Å². The average Bonchev–Trinajstić information content (AvgIpc) is 2.39. The Bertz CT molecular complexity index is 237. The molecular formula is C12H24N4. The standard InChI is InChI=1S/C12H24N4/c1-14-12(13)16-9-5-11(6-10-16)15-7-3-2-4-8-15/h11H,2-10H2,1H3,(H2,13,14). The van der Waals surface area contributed by atoms with E-state index in [-0.39, 0.29) is 0 Å². The van der Waals surface area contributed by atoms with Crippen LogP contribution in [0.4, 0.5) is 0 Å². The fraction of sp³-hybridized carbons (Fsp3) is 0.917. The van der Waals surface area contributed by atoms with E-state index in [1.807, 2.05) is 0 Å². The molecule has 0 aromatic rings. The van der Waals surface area contributed by atoms with Crippen LogP contribution in [-0.4, -0.2) is 55.0 Å². The summed E-state index contributed by atoms with van der Waals surface area (Å²) < 4.78 is 0. The molecule has 2 saturated heterocycles. The number of nitrogens with two attached hydrogens (primary N) is 1. The summed E-state index contributed by atoms with van der Waals surface area (Å²) in [5, 5.41) is 0. The third-order valence-electron chi connectivity index (χ3n) is 3.92. The summed E-state index contributed by atoms with van der Waals surface area (Å²) in [7, 11) is 1.77. The molecule has 4 heteroatoms. The highest BCUT2D eigenvalue weighted by molar-refractivity contribution is 5.77. The van der Waals surface area contributed by atoms with Crippen molar-refractivity contribution in [1.82, 2.24) is 9.80 Å². The second-order valence-electron chi connectivity index (χ2n) is 4.90. The van der Waals surface area contributed by atoms with Gasteiger partial charge >= 0.3 is 0 Å². The summed E-state index contributed by atoms with van der Waals surface area (Å²) in [6, 6.07) is 0.793. The lowest BCUT2D eigenvalue weighted by atomic mass is 10.0. The number of guanidine groups is 1. The first kappa shape index (κ1) is 11.7. The van der Waals surface area contributed by atoms with E-state index in [1.54, 1.807) is 7.05 Å². The van der Waals surface area contributed by atoms with E-state index in [0.29, 0.717) is 5.96 Å². The van der Waals surface area contributed by atoms with Gasteiger partial charge in [-0.2, -0.15) is 0 Å². The molecule has 0 atom stereocenters. The van der Waals surface area contributed by atoms with Crippen LogP contribution < -0.4 is 5.73 Å². The van der Waals surface area contributed by atoms with Crippen LogP contribution in [0.3, 0.4) is 0 Å². The second-order valence-corrected chi connectivity index (χ2v) is 4.90. The second kappa shape index (κ2) is 5.53.